The van der Waals surface area contributed by atoms with Gasteiger partial charge < -0.3 is 11.1 Å². The summed E-state index contributed by atoms with van der Waals surface area (Å²) in [6.45, 7) is 2.42. The van der Waals surface area contributed by atoms with E-state index in [9.17, 15) is 9.18 Å². The second kappa shape index (κ2) is 5.46. The topological polar surface area (TPSA) is 55.1 Å². The van der Waals surface area contributed by atoms with Crippen molar-refractivity contribution in [2.24, 2.45) is 5.73 Å². The highest BCUT2D eigenvalue weighted by atomic mass is 19.1. The number of hydrogen-bond donors (Lipinski definition) is 2. The van der Waals surface area contributed by atoms with Gasteiger partial charge in [-0.1, -0.05) is 12.1 Å². The van der Waals surface area contributed by atoms with Crippen LogP contribution in [0.5, 0.6) is 0 Å². The summed E-state index contributed by atoms with van der Waals surface area (Å²) in [5, 5.41) is 3.09. The first-order chi connectivity index (χ1) is 7.09. The van der Waals surface area contributed by atoms with Gasteiger partial charge in [-0.05, 0) is 24.6 Å². The smallest absolute Gasteiger partial charge is 0.218 e. The molecule has 0 fully saturated rings. The fraction of sp³-hybridized carbons (Fsp3) is 0.364. The van der Waals surface area contributed by atoms with E-state index in [1.54, 1.807) is 6.07 Å². The van der Waals surface area contributed by atoms with Crippen molar-refractivity contribution in [3.63, 3.8) is 0 Å². The third-order valence-corrected chi connectivity index (χ3v) is 2.17. The van der Waals surface area contributed by atoms with Crippen LogP contribution >= 0.6 is 0 Å². The van der Waals surface area contributed by atoms with Crippen molar-refractivity contribution in [2.75, 3.05) is 6.54 Å². The van der Waals surface area contributed by atoms with E-state index >= 15 is 0 Å². The van der Waals surface area contributed by atoms with E-state index in [0.29, 0.717) is 13.0 Å². The van der Waals surface area contributed by atoms with Gasteiger partial charge in [-0.3, -0.25) is 4.79 Å². The number of nitrogens with two attached hydrogens (primary N) is 1. The number of primary amides is 1. The number of hydrogen-bond acceptors (Lipinski definition) is 2. The van der Waals surface area contributed by atoms with Crippen molar-refractivity contribution in [2.45, 2.75) is 19.4 Å². The van der Waals surface area contributed by atoms with E-state index in [-0.39, 0.29) is 17.8 Å². The predicted octanol–water partition coefficient (Wildman–Crippen LogP) is 1.35. The maximum absolute atomic E-state index is 12.9. The van der Waals surface area contributed by atoms with E-state index in [2.05, 4.69) is 5.32 Å². The molecular formula is C11H15FN2O. The summed E-state index contributed by atoms with van der Waals surface area (Å²) in [7, 11) is 0. The third-order valence-electron chi connectivity index (χ3n) is 2.17. The number of carbonyl (C=O) groups is 1. The number of halogens is 1. The first-order valence-corrected chi connectivity index (χ1v) is 4.86. The lowest BCUT2D eigenvalue weighted by Gasteiger charge is -2.13. The van der Waals surface area contributed by atoms with Gasteiger partial charge in [0.05, 0.1) is 0 Å². The molecule has 0 spiro atoms. The molecule has 0 aliphatic carbocycles. The fourth-order valence-electron chi connectivity index (χ4n) is 1.31. The number of rotatable bonds is 5. The van der Waals surface area contributed by atoms with Gasteiger partial charge in [0.2, 0.25) is 5.91 Å². The minimum absolute atomic E-state index is 0.0139. The van der Waals surface area contributed by atoms with Crippen molar-refractivity contribution >= 4 is 5.91 Å². The van der Waals surface area contributed by atoms with Gasteiger partial charge in [0, 0.05) is 19.0 Å². The number of carbonyl (C=O) groups excluding carboxylic acids is 1. The normalized spacial score (nSPS) is 12.4. The highest BCUT2D eigenvalue weighted by Gasteiger charge is 2.05. The van der Waals surface area contributed by atoms with Crippen LogP contribution in [0.25, 0.3) is 0 Å². The van der Waals surface area contributed by atoms with E-state index in [1.165, 1.54) is 12.1 Å². The average molecular weight is 210 g/mol. The quantitative estimate of drug-likeness (QED) is 0.770. The molecule has 0 radical (unpaired) electrons. The Hall–Kier alpha value is -1.42. The third kappa shape index (κ3) is 4.08. The lowest BCUT2D eigenvalue weighted by molar-refractivity contribution is -0.117. The molecule has 3 nitrogen and oxygen atoms in total. The van der Waals surface area contributed by atoms with Gasteiger partial charge in [0.15, 0.2) is 0 Å². The molecule has 82 valence electrons. The zero-order valence-corrected chi connectivity index (χ0v) is 8.66. The lowest BCUT2D eigenvalue weighted by Crippen LogP contribution is -2.24. The van der Waals surface area contributed by atoms with E-state index in [0.717, 1.165) is 5.56 Å². The molecule has 4 heteroatoms. The maximum atomic E-state index is 12.9. The summed E-state index contributed by atoms with van der Waals surface area (Å²) in [6, 6.07) is 6.39. The molecule has 0 heterocycles. The second-order valence-electron chi connectivity index (χ2n) is 3.45. The molecule has 0 aliphatic rings. The molecule has 0 saturated heterocycles. The molecule has 0 bridgehead atoms. The highest BCUT2D eigenvalue weighted by Crippen LogP contribution is 2.12. The second-order valence-corrected chi connectivity index (χ2v) is 3.45. The van der Waals surface area contributed by atoms with Crippen molar-refractivity contribution in [3.05, 3.63) is 35.6 Å². The standard InChI is InChI=1S/C11H15FN2O/c1-8(14-6-5-11(13)15)9-3-2-4-10(12)7-9/h2-4,7-8,14H,5-6H2,1H3,(H2,13,15). The molecule has 1 unspecified atom stereocenters. The van der Waals surface area contributed by atoms with Crippen LogP contribution in [0.2, 0.25) is 0 Å². The van der Waals surface area contributed by atoms with Crippen LogP contribution in [0.4, 0.5) is 4.39 Å². The number of nitrogens with one attached hydrogen (secondary N) is 1. The van der Waals surface area contributed by atoms with Crippen molar-refractivity contribution in [1.82, 2.24) is 5.32 Å². The molecule has 1 aromatic rings. The summed E-state index contributed by atoms with van der Waals surface area (Å²) in [4.78, 5) is 10.5. The average Bonchev–Trinajstić information content (AvgIpc) is 2.17. The van der Waals surface area contributed by atoms with Crippen LogP contribution in [-0.4, -0.2) is 12.5 Å². The van der Waals surface area contributed by atoms with Crippen LogP contribution in [0.3, 0.4) is 0 Å². The van der Waals surface area contributed by atoms with Crippen molar-refractivity contribution in [1.29, 1.82) is 0 Å². The highest BCUT2D eigenvalue weighted by molar-refractivity contribution is 5.73. The molecular weight excluding hydrogens is 195 g/mol. The number of amides is 1. The summed E-state index contributed by atoms with van der Waals surface area (Å²) in [6.07, 6.45) is 0.291. The Morgan fingerprint density at radius 1 is 1.60 bits per heavy atom. The van der Waals surface area contributed by atoms with Crippen molar-refractivity contribution in [3.8, 4) is 0 Å². The molecule has 1 amide bonds. The van der Waals surface area contributed by atoms with Crippen LogP contribution < -0.4 is 11.1 Å². The summed E-state index contributed by atoms with van der Waals surface area (Å²) in [5.74, 6) is -0.593. The van der Waals surface area contributed by atoms with Crippen LogP contribution in [0.15, 0.2) is 24.3 Å². The Bertz CT molecular complexity index is 341. The molecule has 1 rings (SSSR count). The van der Waals surface area contributed by atoms with Gasteiger partial charge in [0.1, 0.15) is 5.82 Å². The molecule has 0 saturated carbocycles. The fourth-order valence-corrected chi connectivity index (χ4v) is 1.31. The van der Waals surface area contributed by atoms with Crippen molar-refractivity contribution < 1.29 is 9.18 Å². The Morgan fingerprint density at radius 3 is 2.93 bits per heavy atom. The molecule has 15 heavy (non-hydrogen) atoms. The maximum Gasteiger partial charge on any atom is 0.218 e. The Labute approximate surface area is 88.5 Å². The van der Waals surface area contributed by atoms with Gasteiger partial charge in [-0.25, -0.2) is 4.39 Å². The zero-order chi connectivity index (χ0) is 11.3. The molecule has 1 aromatic carbocycles. The first-order valence-electron chi connectivity index (χ1n) is 4.86. The minimum Gasteiger partial charge on any atom is -0.370 e. The summed E-state index contributed by atoms with van der Waals surface area (Å²) < 4.78 is 12.9. The van der Waals surface area contributed by atoms with Gasteiger partial charge in [0.25, 0.3) is 0 Å². The van der Waals surface area contributed by atoms with E-state index in [4.69, 9.17) is 5.73 Å². The van der Waals surface area contributed by atoms with E-state index in [1.807, 2.05) is 13.0 Å². The van der Waals surface area contributed by atoms with Gasteiger partial charge >= 0.3 is 0 Å². The zero-order valence-electron chi connectivity index (χ0n) is 8.66. The Balaban J connectivity index is 2.46. The van der Waals surface area contributed by atoms with Crippen LogP contribution in [0, 0.1) is 5.82 Å². The first kappa shape index (κ1) is 11.7. The van der Waals surface area contributed by atoms with Gasteiger partial charge in [-0.2, -0.15) is 0 Å². The predicted molar refractivity (Wildman–Crippen MR) is 56.6 cm³/mol. The van der Waals surface area contributed by atoms with Crippen LogP contribution in [-0.2, 0) is 4.79 Å². The molecule has 0 aliphatic heterocycles. The SMILES string of the molecule is CC(NCCC(N)=O)c1cccc(F)c1. The number of benzene rings is 1. The minimum atomic E-state index is -0.339. The Morgan fingerprint density at radius 2 is 2.33 bits per heavy atom. The lowest BCUT2D eigenvalue weighted by atomic mass is 10.1. The molecule has 1 atom stereocenters. The Kier molecular flexibility index (Phi) is 4.24. The largest absolute Gasteiger partial charge is 0.370 e. The summed E-state index contributed by atoms with van der Waals surface area (Å²) >= 11 is 0. The monoisotopic (exact) mass is 210 g/mol. The summed E-state index contributed by atoms with van der Waals surface area (Å²) in [5.41, 5.74) is 5.86. The molecule has 0 aromatic heterocycles. The van der Waals surface area contributed by atoms with E-state index < -0.39 is 0 Å². The molecule has 3 N–H and O–H groups in total. The van der Waals surface area contributed by atoms with Crippen LogP contribution in [0.1, 0.15) is 24.9 Å². The van der Waals surface area contributed by atoms with Gasteiger partial charge in [-0.15, -0.1) is 0 Å².